The number of sulfonamides is 1. The molecule has 0 atom stereocenters. The fraction of sp³-hybridized carbons (Fsp3) is 0.0952. The molecule has 0 aliphatic carbocycles. The normalized spacial score (nSPS) is 11.0. The Balaban J connectivity index is 1.98. The number of hydrogen-bond acceptors (Lipinski definition) is 4. The van der Waals surface area contributed by atoms with Gasteiger partial charge in [0.25, 0.3) is 10.0 Å². The van der Waals surface area contributed by atoms with Gasteiger partial charge in [-0.15, -0.1) is 0 Å². The van der Waals surface area contributed by atoms with Crippen LogP contribution in [0, 0.1) is 0 Å². The number of ether oxygens (including phenoxy) is 1. The van der Waals surface area contributed by atoms with Gasteiger partial charge in [-0.05, 0) is 42.5 Å². The molecule has 0 unspecified atom stereocenters. The topological polar surface area (TPSA) is 75.7 Å². The number of anilines is 2. The zero-order valence-electron chi connectivity index (χ0n) is 15.9. The molecule has 0 radical (unpaired) electrons. The number of amides is 1. The lowest BCUT2D eigenvalue weighted by Crippen LogP contribution is -2.38. The Hall–Kier alpha value is -2.74. The first kappa shape index (κ1) is 22.0. The van der Waals surface area contributed by atoms with E-state index < -0.39 is 22.5 Å². The lowest BCUT2D eigenvalue weighted by molar-refractivity contribution is -0.114. The molecule has 0 bridgehead atoms. The molecule has 0 saturated carbocycles. The largest absolute Gasteiger partial charge is 0.495 e. The highest BCUT2D eigenvalue weighted by molar-refractivity contribution is 7.92. The smallest absolute Gasteiger partial charge is 0.264 e. The molecule has 0 aromatic heterocycles. The summed E-state index contributed by atoms with van der Waals surface area (Å²) in [4.78, 5) is 12.8. The summed E-state index contributed by atoms with van der Waals surface area (Å²) >= 11 is 12.2. The van der Waals surface area contributed by atoms with Crippen molar-refractivity contribution in [1.29, 1.82) is 0 Å². The van der Waals surface area contributed by atoms with Crippen molar-refractivity contribution in [2.45, 2.75) is 4.90 Å². The summed E-state index contributed by atoms with van der Waals surface area (Å²) < 4.78 is 32.8. The number of methoxy groups -OCH3 is 1. The van der Waals surface area contributed by atoms with Gasteiger partial charge in [0.1, 0.15) is 12.3 Å². The van der Waals surface area contributed by atoms with Crippen molar-refractivity contribution < 1.29 is 17.9 Å². The van der Waals surface area contributed by atoms with E-state index in [-0.39, 0.29) is 15.6 Å². The van der Waals surface area contributed by atoms with Crippen LogP contribution in [0.15, 0.2) is 77.7 Å². The van der Waals surface area contributed by atoms with E-state index in [0.717, 1.165) is 4.31 Å². The minimum absolute atomic E-state index is 0.0288. The van der Waals surface area contributed by atoms with Crippen LogP contribution in [0.3, 0.4) is 0 Å². The van der Waals surface area contributed by atoms with E-state index in [4.69, 9.17) is 27.9 Å². The number of carbonyl (C=O) groups excluding carboxylic acids is 1. The molecule has 9 heteroatoms. The number of hydrogen-bond donors (Lipinski definition) is 1. The molecule has 156 valence electrons. The number of benzene rings is 3. The molecule has 0 spiro atoms. The van der Waals surface area contributed by atoms with Gasteiger partial charge in [0.2, 0.25) is 5.91 Å². The minimum atomic E-state index is -4.08. The zero-order valence-corrected chi connectivity index (χ0v) is 18.2. The molecule has 1 N–H and O–H groups in total. The van der Waals surface area contributed by atoms with E-state index in [1.165, 1.54) is 37.4 Å². The Kier molecular flexibility index (Phi) is 6.87. The summed E-state index contributed by atoms with van der Waals surface area (Å²) in [6.45, 7) is -0.503. The number of halogens is 2. The molecule has 0 aliphatic heterocycles. The number of rotatable bonds is 7. The molecule has 3 aromatic rings. The fourth-order valence-corrected chi connectivity index (χ4v) is 4.79. The van der Waals surface area contributed by atoms with Crippen LogP contribution < -0.4 is 14.4 Å². The van der Waals surface area contributed by atoms with Gasteiger partial charge in [0.05, 0.1) is 28.4 Å². The molecule has 3 rings (SSSR count). The predicted molar refractivity (Wildman–Crippen MR) is 119 cm³/mol. The summed E-state index contributed by atoms with van der Waals surface area (Å²) in [7, 11) is -2.60. The van der Waals surface area contributed by atoms with E-state index >= 15 is 0 Å². The third-order valence-electron chi connectivity index (χ3n) is 4.18. The number of nitrogens with one attached hydrogen (secondary N) is 1. The molecular weight excluding hydrogens is 447 g/mol. The predicted octanol–water partition coefficient (Wildman–Crippen LogP) is 4.84. The Morgan fingerprint density at radius 1 is 1.00 bits per heavy atom. The summed E-state index contributed by atoms with van der Waals surface area (Å²) in [5.74, 6) is -0.113. The van der Waals surface area contributed by atoms with E-state index in [2.05, 4.69) is 5.32 Å². The molecule has 6 nitrogen and oxygen atoms in total. The van der Waals surface area contributed by atoms with Gasteiger partial charge >= 0.3 is 0 Å². The van der Waals surface area contributed by atoms with Gasteiger partial charge in [-0.2, -0.15) is 0 Å². The number of nitrogens with zero attached hydrogens (tertiary/aromatic N) is 1. The number of para-hydroxylation sites is 2. The second-order valence-electron chi connectivity index (χ2n) is 6.17. The minimum Gasteiger partial charge on any atom is -0.495 e. The fourth-order valence-electron chi connectivity index (χ4n) is 2.77. The van der Waals surface area contributed by atoms with E-state index in [9.17, 15) is 13.2 Å². The van der Waals surface area contributed by atoms with Gasteiger partial charge in [-0.25, -0.2) is 8.42 Å². The van der Waals surface area contributed by atoms with Crippen LogP contribution in [0.25, 0.3) is 0 Å². The first-order valence-electron chi connectivity index (χ1n) is 8.78. The number of carbonyl (C=O) groups is 1. The summed E-state index contributed by atoms with van der Waals surface area (Å²) in [5.41, 5.74) is 0.560. The van der Waals surface area contributed by atoms with Crippen LogP contribution in [0.1, 0.15) is 0 Å². The second-order valence-corrected chi connectivity index (χ2v) is 8.87. The van der Waals surface area contributed by atoms with Crippen molar-refractivity contribution in [1.82, 2.24) is 0 Å². The van der Waals surface area contributed by atoms with Crippen LogP contribution in [0.2, 0.25) is 10.0 Å². The van der Waals surface area contributed by atoms with Gasteiger partial charge in [0.15, 0.2) is 0 Å². The van der Waals surface area contributed by atoms with Gasteiger partial charge in [-0.3, -0.25) is 9.10 Å². The van der Waals surface area contributed by atoms with Gasteiger partial charge < -0.3 is 10.1 Å². The average molecular weight is 465 g/mol. The van der Waals surface area contributed by atoms with E-state index in [0.29, 0.717) is 16.5 Å². The van der Waals surface area contributed by atoms with Crippen molar-refractivity contribution >= 4 is 50.5 Å². The Labute approximate surface area is 185 Å². The Morgan fingerprint density at radius 3 is 2.33 bits per heavy atom. The van der Waals surface area contributed by atoms with Crippen LogP contribution >= 0.6 is 23.2 Å². The van der Waals surface area contributed by atoms with Crippen molar-refractivity contribution in [2.24, 2.45) is 0 Å². The third kappa shape index (κ3) is 4.87. The monoisotopic (exact) mass is 464 g/mol. The van der Waals surface area contributed by atoms with Crippen LogP contribution in [-0.2, 0) is 14.8 Å². The van der Waals surface area contributed by atoms with Gasteiger partial charge in [-0.1, -0.05) is 53.5 Å². The summed E-state index contributed by atoms with van der Waals surface area (Å²) in [5, 5.41) is 3.13. The summed E-state index contributed by atoms with van der Waals surface area (Å²) in [6, 6.07) is 19.0. The van der Waals surface area contributed by atoms with Crippen molar-refractivity contribution in [2.75, 3.05) is 23.3 Å². The average Bonchev–Trinajstić information content (AvgIpc) is 2.73. The maximum Gasteiger partial charge on any atom is 0.264 e. The molecule has 0 aliphatic rings. The van der Waals surface area contributed by atoms with E-state index in [1.807, 2.05) is 0 Å². The van der Waals surface area contributed by atoms with Crippen molar-refractivity contribution in [3.63, 3.8) is 0 Å². The maximum atomic E-state index is 13.3. The Bertz CT molecular complexity index is 1150. The SMILES string of the molecule is COc1ccccc1NC(=O)CN(c1ccc(Cl)cc1Cl)S(=O)(=O)c1ccccc1. The molecule has 1 amide bonds. The summed E-state index contributed by atoms with van der Waals surface area (Å²) in [6.07, 6.45) is 0. The lowest BCUT2D eigenvalue weighted by Gasteiger charge is -2.25. The molecular formula is C21H18Cl2N2O4S. The molecule has 30 heavy (non-hydrogen) atoms. The maximum absolute atomic E-state index is 13.3. The van der Waals surface area contributed by atoms with Crippen LogP contribution in [0.5, 0.6) is 5.75 Å². The molecule has 0 fully saturated rings. The Morgan fingerprint density at radius 2 is 1.67 bits per heavy atom. The second kappa shape index (κ2) is 9.38. The first-order valence-corrected chi connectivity index (χ1v) is 11.0. The first-order chi connectivity index (χ1) is 14.3. The lowest BCUT2D eigenvalue weighted by atomic mass is 10.3. The molecule has 3 aromatic carbocycles. The highest BCUT2D eigenvalue weighted by Crippen LogP contribution is 2.33. The van der Waals surface area contributed by atoms with E-state index in [1.54, 1.807) is 42.5 Å². The van der Waals surface area contributed by atoms with Crippen molar-refractivity contribution in [3.8, 4) is 5.75 Å². The highest BCUT2D eigenvalue weighted by Gasteiger charge is 2.29. The molecule has 0 heterocycles. The third-order valence-corrected chi connectivity index (χ3v) is 6.49. The van der Waals surface area contributed by atoms with Gasteiger partial charge in [0, 0.05) is 5.02 Å². The van der Waals surface area contributed by atoms with Crippen LogP contribution in [-0.4, -0.2) is 28.0 Å². The quantitative estimate of drug-likeness (QED) is 0.542. The molecule has 0 saturated heterocycles. The highest BCUT2D eigenvalue weighted by atomic mass is 35.5. The van der Waals surface area contributed by atoms with Crippen molar-refractivity contribution in [3.05, 3.63) is 82.8 Å². The zero-order chi connectivity index (χ0) is 21.7. The standard InChI is InChI=1S/C21H18Cl2N2O4S/c1-29-20-10-6-5-9-18(20)24-21(26)14-25(19-12-11-15(22)13-17(19)23)30(27,28)16-7-3-2-4-8-16/h2-13H,14H2,1H3,(H,24,26). The van der Waals surface area contributed by atoms with Crippen LogP contribution in [0.4, 0.5) is 11.4 Å².